The third kappa shape index (κ3) is 3.40. The summed E-state index contributed by atoms with van der Waals surface area (Å²) in [6.07, 6.45) is 3.06. The first-order chi connectivity index (χ1) is 13.6. The Hall–Kier alpha value is -2.72. The Bertz CT molecular complexity index is 1210. The van der Waals surface area contributed by atoms with Gasteiger partial charge in [0.2, 0.25) is 0 Å². The molecule has 3 aromatic heterocycles. The van der Waals surface area contributed by atoms with Crippen LogP contribution >= 0.6 is 34.5 Å². The molecular weight excluding hydrogens is 415 g/mol. The first kappa shape index (κ1) is 18.6. The van der Waals surface area contributed by atoms with E-state index >= 15 is 0 Å². The van der Waals surface area contributed by atoms with Gasteiger partial charge in [-0.1, -0.05) is 35.3 Å². The molecule has 0 saturated heterocycles. The molecule has 0 unspecified atom stereocenters. The summed E-state index contributed by atoms with van der Waals surface area (Å²) < 4.78 is 6.01. The van der Waals surface area contributed by atoms with Crippen molar-refractivity contribution in [2.45, 2.75) is 13.5 Å². The van der Waals surface area contributed by atoms with Gasteiger partial charge >= 0.3 is 0 Å². The van der Waals surface area contributed by atoms with Crippen LogP contribution in [0.5, 0.6) is 5.75 Å². The van der Waals surface area contributed by atoms with Gasteiger partial charge in [-0.3, -0.25) is 4.98 Å². The zero-order valence-electron chi connectivity index (χ0n) is 14.6. The Balaban J connectivity index is 1.80. The monoisotopic (exact) mass is 426 g/mol. The van der Waals surface area contributed by atoms with Crippen molar-refractivity contribution in [3.05, 3.63) is 69.2 Å². The molecule has 4 rings (SSSR count). The highest BCUT2D eigenvalue weighted by Gasteiger charge is 2.16. The van der Waals surface area contributed by atoms with Gasteiger partial charge in [0.05, 0.1) is 20.4 Å². The maximum Gasteiger partial charge on any atom is 0.159 e. The summed E-state index contributed by atoms with van der Waals surface area (Å²) in [6, 6.07) is 9.79. The SMILES string of the molecule is Cc1cc(-c2scnc2C#N)c2cccc(OCc3c(Cl)cncc3Cl)c2n1. The van der Waals surface area contributed by atoms with Crippen LogP contribution in [0, 0.1) is 18.3 Å². The fraction of sp³-hybridized carbons (Fsp3) is 0.100. The van der Waals surface area contributed by atoms with Crippen molar-refractivity contribution in [1.29, 1.82) is 5.26 Å². The molecule has 4 aromatic rings. The lowest BCUT2D eigenvalue weighted by atomic mass is 10.0. The molecule has 0 aliphatic carbocycles. The Morgan fingerprint density at radius 3 is 2.75 bits per heavy atom. The second kappa shape index (κ2) is 7.72. The number of hydrogen-bond acceptors (Lipinski definition) is 6. The van der Waals surface area contributed by atoms with Crippen LogP contribution in [0.2, 0.25) is 10.0 Å². The Morgan fingerprint density at radius 2 is 2.00 bits per heavy atom. The molecule has 0 aliphatic heterocycles. The van der Waals surface area contributed by atoms with E-state index in [1.54, 1.807) is 5.51 Å². The summed E-state index contributed by atoms with van der Waals surface area (Å²) in [6.45, 7) is 2.09. The number of halogens is 2. The average molecular weight is 427 g/mol. The number of aryl methyl sites for hydroxylation is 1. The van der Waals surface area contributed by atoms with Crippen molar-refractivity contribution >= 4 is 45.4 Å². The molecule has 138 valence electrons. The molecule has 8 heteroatoms. The maximum atomic E-state index is 9.35. The van der Waals surface area contributed by atoms with Crippen LogP contribution in [0.1, 0.15) is 17.0 Å². The summed E-state index contributed by atoms with van der Waals surface area (Å²) in [5, 5.41) is 11.1. The van der Waals surface area contributed by atoms with E-state index in [4.69, 9.17) is 27.9 Å². The fourth-order valence-corrected chi connectivity index (χ4v) is 4.14. The molecule has 0 saturated carbocycles. The number of rotatable bonds is 4. The van der Waals surface area contributed by atoms with Crippen LogP contribution in [0.25, 0.3) is 21.3 Å². The van der Waals surface area contributed by atoms with E-state index in [1.165, 1.54) is 23.7 Å². The highest BCUT2D eigenvalue weighted by atomic mass is 35.5. The lowest BCUT2D eigenvalue weighted by Gasteiger charge is -2.13. The number of benzene rings is 1. The number of aromatic nitrogens is 3. The minimum Gasteiger partial charge on any atom is -0.487 e. The topological polar surface area (TPSA) is 71.7 Å². The maximum absolute atomic E-state index is 9.35. The van der Waals surface area contributed by atoms with Crippen molar-refractivity contribution in [2.24, 2.45) is 0 Å². The molecule has 0 fully saturated rings. The molecule has 0 bridgehead atoms. The highest BCUT2D eigenvalue weighted by Crippen LogP contribution is 2.37. The second-order valence-electron chi connectivity index (χ2n) is 5.98. The molecule has 0 N–H and O–H groups in total. The first-order valence-electron chi connectivity index (χ1n) is 8.23. The van der Waals surface area contributed by atoms with Crippen LogP contribution in [0.3, 0.4) is 0 Å². The van der Waals surface area contributed by atoms with E-state index in [-0.39, 0.29) is 6.61 Å². The minimum atomic E-state index is 0.189. The standard InChI is InChI=1S/C20H12Cl2N4OS/c1-11-5-13(20-17(6-23)25-10-28-20)12-3-2-4-18(19(12)26-11)27-9-14-15(21)7-24-8-16(14)22/h2-5,7-8,10H,9H2,1H3. The molecule has 0 spiro atoms. The van der Waals surface area contributed by atoms with E-state index < -0.39 is 0 Å². The largest absolute Gasteiger partial charge is 0.487 e. The average Bonchev–Trinajstić information content (AvgIpc) is 3.16. The van der Waals surface area contributed by atoms with E-state index in [2.05, 4.69) is 21.0 Å². The quantitative estimate of drug-likeness (QED) is 0.411. The lowest BCUT2D eigenvalue weighted by Crippen LogP contribution is -2.00. The number of hydrogen-bond donors (Lipinski definition) is 0. The Morgan fingerprint density at radius 1 is 1.21 bits per heavy atom. The number of thiazole rings is 1. The van der Waals surface area contributed by atoms with Crippen LogP contribution < -0.4 is 4.74 Å². The summed E-state index contributed by atoms with van der Waals surface area (Å²) in [5.74, 6) is 0.606. The third-order valence-corrected chi connectivity index (χ3v) is 5.68. The van der Waals surface area contributed by atoms with Gasteiger partial charge in [-0.2, -0.15) is 5.26 Å². The fourth-order valence-electron chi connectivity index (χ4n) is 2.90. The van der Waals surface area contributed by atoms with E-state index in [9.17, 15) is 5.26 Å². The number of nitriles is 1. The predicted molar refractivity (Wildman–Crippen MR) is 111 cm³/mol. The summed E-state index contributed by atoms with van der Waals surface area (Å²) in [7, 11) is 0. The van der Waals surface area contributed by atoms with E-state index in [0.29, 0.717) is 32.6 Å². The number of para-hydroxylation sites is 1. The number of ether oxygens (including phenoxy) is 1. The van der Waals surface area contributed by atoms with Gasteiger partial charge in [0.15, 0.2) is 5.69 Å². The predicted octanol–water partition coefficient (Wildman–Crippen LogP) is 5.82. The molecule has 3 heterocycles. The lowest BCUT2D eigenvalue weighted by molar-refractivity contribution is 0.309. The van der Waals surface area contributed by atoms with Gasteiger partial charge in [-0.25, -0.2) is 9.97 Å². The van der Waals surface area contributed by atoms with Crippen molar-refractivity contribution in [3.8, 4) is 22.3 Å². The van der Waals surface area contributed by atoms with Gasteiger partial charge in [0, 0.05) is 34.6 Å². The van der Waals surface area contributed by atoms with Gasteiger partial charge in [-0.15, -0.1) is 11.3 Å². The number of pyridine rings is 2. The Kier molecular flexibility index (Phi) is 5.14. The smallest absolute Gasteiger partial charge is 0.159 e. The van der Waals surface area contributed by atoms with E-state index in [0.717, 1.165) is 21.5 Å². The number of nitrogens with zero attached hydrogens (tertiary/aromatic N) is 4. The zero-order valence-corrected chi connectivity index (χ0v) is 16.9. The zero-order chi connectivity index (χ0) is 19.7. The molecule has 0 amide bonds. The molecule has 1 aromatic carbocycles. The van der Waals surface area contributed by atoms with E-state index in [1.807, 2.05) is 31.2 Å². The molecule has 0 aliphatic rings. The highest BCUT2D eigenvalue weighted by molar-refractivity contribution is 7.13. The van der Waals surface area contributed by atoms with Gasteiger partial charge in [-0.05, 0) is 19.1 Å². The molecule has 5 nitrogen and oxygen atoms in total. The van der Waals surface area contributed by atoms with Gasteiger partial charge < -0.3 is 4.74 Å². The van der Waals surface area contributed by atoms with Gasteiger partial charge in [0.25, 0.3) is 0 Å². The van der Waals surface area contributed by atoms with Crippen molar-refractivity contribution < 1.29 is 4.74 Å². The first-order valence-corrected chi connectivity index (χ1v) is 9.87. The van der Waals surface area contributed by atoms with Crippen molar-refractivity contribution in [2.75, 3.05) is 0 Å². The van der Waals surface area contributed by atoms with Crippen LogP contribution in [-0.4, -0.2) is 15.0 Å². The molecule has 28 heavy (non-hydrogen) atoms. The van der Waals surface area contributed by atoms with Crippen LogP contribution in [0.4, 0.5) is 0 Å². The molecule has 0 radical (unpaired) electrons. The molecule has 0 atom stereocenters. The second-order valence-corrected chi connectivity index (χ2v) is 7.64. The van der Waals surface area contributed by atoms with Crippen molar-refractivity contribution in [1.82, 2.24) is 15.0 Å². The normalized spacial score (nSPS) is 10.8. The van der Waals surface area contributed by atoms with Gasteiger partial charge in [0.1, 0.15) is 23.9 Å². The Labute approximate surface area is 175 Å². The van der Waals surface area contributed by atoms with Crippen molar-refractivity contribution in [3.63, 3.8) is 0 Å². The third-order valence-electron chi connectivity index (χ3n) is 4.17. The summed E-state index contributed by atoms with van der Waals surface area (Å²) >= 11 is 13.8. The summed E-state index contributed by atoms with van der Waals surface area (Å²) in [5.41, 5.74) is 5.17. The number of fused-ring (bicyclic) bond motifs is 1. The minimum absolute atomic E-state index is 0.189. The van der Waals surface area contributed by atoms with Crippen LogP contribution in [0.15, 0.2) is 42.2 Å². The molecular formula is C20H12Cl2N4OS. The van der Waals surface area contributed by atoms with Crippen LogP contribution in [-0.2, 0) is 6.61 Å². The summed E-state index contributed by atoms with van der Waals surface area (Å²) in [4.78, 5) is 13.6.